The van der Waals surface area contributed by atoms with Crippen LogP contribution in [0.1, 0.15) is 15.9 Å². The normalized spacial score (nSPS) is 10.3. The van der Waals surface area contributed by atoms with Crippen molar-refractivity contribution in [3.63, 3.8) is 0 Å². The van der Waals surface area contributed by atoms with Gasteiger partial charge in [0.1, 0.15) is 12.1 Å². The fourth-order valence-corrected chi connectivity index (χ4v) is 2.03. The molecule has 0 saturated heterocycles. The Kier molecular flexibility index (Phi) is 3.89. The quantitative estimate of drug-likeness (QED) is 0.875. The second-order valence-corrected chi connectivity index (χ2v) is 4.66. The molecule has 1 amide bonds. The number of carboxylic acids is 1. The number of carbonyl (C=O) groups is 2. The Morgan fingerprint density at radius 1 is 1.14 bits per heavy atom. The average molecular weight is 286 g/mol. The lowest BCUT2D eigenvalue weighted by Crippen LogP contribution is -2.32. The number of rotatable bonds is 4. The SMILES string of the molecule is Cc1ccc(-c2ccc(C(=O)O)c(=O)n2CC(N)=O)cc1. The highest BCUT2D eigenvalue weighted by atomic mass is 16.4. The molecule has 21 heavy (non-hydrogen) atoms. The first kappa shape index (κ1) is 14.5. The van der Waals surface area contributed by atoms with Gasteiger partial charge in [0.2, 0.25) is 5.91 Å². The van der Waals surface area contributed by atoms with Crippen molar-refractivity contribution < 1.29 is 14.7 Å². The Balaban J connectivity index is 2.68. The highest BCUT2D eigenvalue weighted by molar-refractivity contribution is 5.87. The maximum absolute atomic E-state index is 12.2. The molecule has 0 fully saturated rings. The molecule has 6 nitrogen and oxygen atoms in total. The number of aromatic nitrogens is 1. The number of nitrogens with two attached hydrogens (primary N) is 1. The van der Waals surface area contributed by atoms with Gasteiger partial charge in [-0.2, -0.15) is 0 Å². The van der Waals surface area contributed by atoms with Crippen LogP contribution in [-0.2, 0) is 11.3 Å². The summed E-state index contributed by atoms with van der Waals surface area (Å²) in [6.07, 6.45) is 0. The van der Waals surface area contributed by atoms with Gasteiger partial charge in [-0.3, -0.25) is 14.2 Å². The van der Waals surface area contributed by atoms with E-state index in [1.54, 1.807) is 12.1 Å². The van der Waals surface area contributed by atoms with Crippen LogP contribution in [-0.4, -0.2) is 21.6 Å². The summed E-state index contributed by atoms with van der Waals surface area (Å²) >= 11 is 0. The van der Waals surface area contributed by atoms with Crippen LogP contribution in [0.2, 0.25) is 0 Å². The maximum atomic E-state index is 12.2. The fourth-order valence-electron chi connectivity index (χ4n) is 2.03. The Morgan fingerprint density at radius 2 is 1.76 bits per heavy atom. The monoisotopic (exact) mass is 286 g/mol. The lowest BCUT2D eigenvalue weighted by molar-refractivity contribution is -0.118. The van der Waals surface area contributed by atoms with Gasteiger partial charge in [0.05, 0.1) is 5.69 Å². The number of carboxylic acid groups (broad SMARTS) is 1. The van der Waals surface area contributed by atoms with Crippen molar-refractivity contribution in [2.45, 2.75) is 13.5 Å². The van der Waals surface area contributed by atoms with E-state index in [0.29, 0.717) is 11.3 Å². The number of primary amides is 1. The minimum absolute atomic E-state index is 0.372. The summed E-state index contributed by atoms with van der Waals surface area (Å²) in [7, 11) is 0. The van der Waals surface area contributed by atoms with E-state index in [1.807, 2.05) is 19.1 Å². The standard InChI is InChI=1S/C15H14N2O4/c1-9-2-4-10(5-3-9)12-7-6-11(15(20)21)14(19)17(12)8-13(16)18/h2-7H,8H2,1H3,(H2,16,18)(H,20,21). The first-order chi connectivity index (χ1) is 9.90. The predicted octanol–water partition coefficient (Wildman–Crippen LogP) is 1.01. The molecule has 1 heterocycles. The van der Waals surface area contributed by atoms with Crippen LogP contribution in [0.5, 0.6) is 0 Å². The number of aromatic carboxylic acids is 1. The highest BCUT2D eigenvalue weighted by Gasteiger charge is 2.16. The van der Waals surface area contributed by atoms with E-state index in [2.05, 4.69) is 0 Å². The highest BCUT2D eigenvalue weighted by Crippen LogP contribution is 2.19. The molecule has 3 N–H and O–H groups in total. The molecule has 0 radical (unpaired) electrons. The van der Waals surface area contributed by atoms with E-state index < -0.39 is 23.0 Å². The minimum atomic E-state index is -1.34. The molecule has 0 saturated carbocycles. The first-order valence-corrected chi connectivity index (χ1v) is 6.22. The molecule has 1 aromatic heterocycles. The number of carbonyl (C=O) groups excluding carboxylic acids is 1. The number of hydrogen-bond donors (Lipinski definition) is 2. The predicted molar refractivity (Wildman–Crippen MR) is 77.0 cm³/mol. The first-order valence-electron chi connectivity index (χ1n) is 6.22. The van der Waals surface area contributed by atoms with Crippen LogP contribution in [0.15, 0.2) is 41.2 Å². The average Bonchev–Trinajstić information content (AvgIpc) is 2.41. The number of aryl methyl sites for hydroxylation is 1. The molecule has 0 bridgehead atoms. The second kappa shape index (κ2) is 5.62. The molecule has 0 aliphatic heterocycles. The zero-order valence-corrected chi connectivity index (χ0v) is 11.4. The lowest BCUT2D eigenvalue weighted by Gasteiger charge is -2.12. The van der Waals surface area contributed by atoms with Gasteiger partial charge in [0.25, 0.3) is 5.56 Å². The van der Waals surface area contributed by atoms with Crippen molar-refractivity contribution in [3.05, 3.63) is 57.9 Å². The van der Waals surface area contributed by atoms with Gasteiger partial charge >= 0.3 is 5.97 Å². The molecule has 0 aliphatic rings. The van der Waals surface area contributed by atoms with E-state index >= 15 is 0 Å². The van der Waals surface area contributed by atoms with Crippen LogP contribution in [0.4, 0.5) is 0 Å². The van der Waals surface area contributed by atoms with Crippen molar-refractivity contribution >= 4 is 11.9 Å². The van der Waals surface area contributed by atoms with Crippen molar-refractivity contribution in [1.82, 2.24) is 4.57 Å². The smallest absolute Gasteiger partial charge is 0.341 e. The topological polar surface area (TPSA) is 102 Å². The van der Waals surface area contributed by atoms with Crippen LogP contribution < -0.4 is 11.3 Å². The van der Waals surface area contributed by atoms with Gasteiger partial charge in [-0.05, 0) is 24.6 Å². The van der Waals surface area contributed by atoms with E-state index in [4.69, 9.17) is 10.8 Å². The summed E-state index contributed by atoms with van der Waals surface area (Å²) in [4.78, 5) is 34.4. The Hall–Kier alpha value is -2.89. The van der Waals surface area contributed by atoms with Crippen molar-refractivity contribution in [3.8, 4) is 11.3 Å². The van der Waals surface area contributed by atoms with E-state index in [-0.39, 0.29) is 6.54 Å². The summed E-state index contributed by atoms with van der Waals surface area (Å²) in [6.45, 7) is 1.55. The van der Waals surface area contributed by atoms with E-state index in [9.17, 15) is 14.4 Å². The van der Waals surface area contributed by atoms with Gasteiger partial charge in [-0.25, -0.2) is 4.79 Å². The molecule has 0 atom stereocenters. The second-order valence-electron chi connectivity index (χ2n) is 4.66. The zero-order chi connectivity index (χ0) is 15.6. The molecule has 108 valence electrons. The third-order valence-electron chi connectivity index (χ3n) is 3.07. The molecule has 1 aromatic carbocycles. The summed E-state index contributed by atoms with van der Waals surface area (Å²) < 4.78 is 1.08. The Bertz CT molecular complexity index is 760. The summed E-state index contributed by atoms with van der Waals surface area (Å²) in [5, 5.41) is 8.99. The Morgan fingerprint density at radius 3 is 2.29 bits per heavy atom. The van der Waals surface area contributed by atoms with E-state index in [1.165, 1.54) is 12.1 Å². The molecular formula is C15H14N2O4. The van der Waals surface area contributed by atoms with Crippen molar-refractivity contribution in [1.29, 1.82) is 0 Å². The number of pyridine rings is 1. The molecule has 0 unspecified atom stereocenters. The molecule has 0 aliphatic carbocycles. The molecule has 6 heteroatoms. The summed E-state index contributed by atoms with van der Waals surface area (Å²) in [5.74, 6) is -2.05. The van der Waals surface area contributed by atoms with Crippen LogP contribution >= 0.6 is 0 Å². The van der Waals surface area contributed by atoms with Crippen LogP contribution in [0, 0.1) is 6.92 Å². The summed E-state index contributed by atoms with van der Waals surface area (Å²) in [6, 6.07) is 10.0. The lowest BCUT2D eigenvalue weighted by atomic mass is 10.1. The van der Waals surface area contributed by atoms with Crippen LogP contribution in [0.3, 0.4) is 0 Å². The number of nitrogens with zero attached hydrogens (tertiary/aromatic N) is 1. The minimum Gasteiger partial charge on any atom is -0.477 e. The van der Waals surface area contributed by atoms with Gasteiger partial charge in [-0.1, -0.05) is 29.8 Å². The summed E-state index contributed by atoms with van der Waals surface area (Å²) in [5.41, 5.74) is 6.20. The zero-order valence-electron chi connectivity index (χ0n) is 11.4. The fraction of sp³-hybridized carbons (Fsp3) is 0.133. The van der Waals surface area contributed by atoms with Crippen LogP contribution in [0.25, 0.3) is 11.3 Å². The van der Waals surface area contributed by atoms with Crippen molar-refractivity contribution in [2.24, 2.45) is 5.73 Å². The van der Waals surface area contributed by atoms with Gasteiger partial charge in [-0.15, -0.1) is 0 Å². The molecular weight excluding hydrogens is 272 g/mol. The molecule has 2 rings (SSSR count). The number of benzene rings is 1. The van der Waals surface area contributed by atoms with Crippen molar-refractivity contribution in [2.75, 3.05) is 0 Å². The number of hydrogen-bond acceptors (Lipinski definition) is 3. The third kappa shape index (κ3) is 3.00. The van der Waals surface area contributed by atoms with Gasteiger partial charge < -0.3 is 10.8 Å². The molecule has 0 spiro atoms. The number of amides is 1. The Labute approximate surface area is 120 Å². The van der Waals surface area contributed by atoms with Gasteiger partial charge in [0, 0.05) is 0 Å². The maximum Gasteiger partial charge on any atom is 0.341 e. The van der Waals surface area contributed by atoms with Gasteiger partial charge in [0.15, 0.2) is 0 Å². The third-order valence-corrected chi connectivity index (χ3v) is 3.07. The van der Waals surface area contributed by atoms with E-state index in [0.717, 1.165) is 10.1 Å². The molecule has 2 aromatic rings. The largest absolute Gasteiger partial charge is 0.477 e.